The Kier molecular flexibility index (Phi) is 2.93. The second-order valence-corrected chi connectivity index (χ2v) is 8.08. The van der Waals surface area contributed by atoms with Gasteiger partial charge in [0.2, 0.25) is 5.91 Å². The minimum absolute atomic E-state index is 0.0157. The molecule has 3 N–H and O–H groups in total. The van der Waals surface area contributed by atoms with Crippen LogP contribution in [0.25, 0.3) is 0 Å². The van der Waals surface area contributed by atoms with Gasteiger partial charge in [-0.25, -0.2) is 0 Å². The number of hydrogen-bond donors (Lipinski definition) is 2. The molecular formula is C15H24N2OS. The SMILES string of the molecule is CC(C)(C(=O)NC12CC3CC(CC(C3)C1)C2)C(N)=S. The summed E-state index contributed by atoms with van der Waals surface area (Å²) < 4.78 is 0. The molecule has 0 saturated heterocycles. The fraction of sp³-hybridized carbons (Fsp3) is 0.867. The summed E-state index contributed by atoms with van der Waals surface area (Å²) in [6.45, 7) is 3.65. The van der Waals surface area contributed by atoms with Gasteiger partial charge in [-0.1, -0.05) is 12.2 Å². The summed E-state index contributed by atoms with van der Waals surface area (Å²) in [5.41, 5.74) is 5.02. The standard InChI is InChI=1S/C15H24N2OS/c1-14(2,12(16)19)13(18)17-15-6-9-3-10(7-15)5-11(4-9)8-15/h9-11H,3-8H2,1-2H3,(H2,16,19)(H,17,18). The van der Waals surface area contributed by atoms with Gasteiger partial charge in [0.25, 0.3) is 0 Å². The highest BCUT2D eigenvalue weighted by Gasteiger charge is 2.52. The Labute approximate surface area is 120 Å². The van der Waals surface area contributed by atoms with Gasteiger partial charge in [0.05, 0.1) is 10.4 Å². The molecule has 4 bridgehead atoms. The lowest BCUT2D eigenvalue weighted by Crippen LogP contribution is -2.62. The molecule has 4 fully saturated rings. The zero-order valence-corrected chi connectivity index (χ0v) is 12.7. The van der Waals surface area contributed by atoms with Gasteiger partial charge >= 0.3 is 0 Å². The lowest BCUT2D eigenvalue weighted by atomic mass is 9.53. The van der Waals surface area contributed by atoms with E-state index in [-0.39, 0.29) is 16.4 Å². The molecule has 4 saturated carbocycles. The minimum atomic E-state index is -0.737. The number of amides is 1. The second-order valence-electron chi connectivity index (χ2n) is 7.64. The number of carbonyl (C=O) groups is 1. The van der Waals surface area contributed by atoms with Crippen molar-refractivity contribution in [2.24, 2.45) is 28.9 Å². The zero-order valence-electron chi connectivity index (χ0n) is 11.9. The van der Waals surface area contributed by atoms with Crippen LogP contribution in [0.15, 0.2) is 0 Å². The highest BCUT2D eigenvalue weighted by atomic mass is 32.1. The summed E-state index contributed by atoms with van der Waals surface area (Å²) in [5, 5.41) is 3.34. The minimum Gasteiger partial charge on any atom is -0.392 e. The number of nitrogens with one attached hydrogen (secondary N) is 1. The van der Waals surface area contributed by atoms with Crippen molar-refractivity contribution in [1.82, 2.24) is 5.32 Å². The first kappa shape index (κ1) is 13.3. The molecule has 0 atom stereocenters. The average molecular weight is 280 g/mol. The molecule has 0 aromatic carbocycles. The highest BCUT2D eigenvalue weighted by molar-refractivity contribution is 7.80. The first-order chi connectivity index (χ1) is 8.81. The zero-order chi connectivity index (χ0) is 13.8. The van der Waals surface area contributed by atoms with E-state index in [1.165, 1.54) is 38.5 Å². The molecule has 0 unspecified atom stereocenters. The number of carbonyl (C=O) groups excluding carboxylic acids is 1. The van der Waals surface area contributed by atoms with Gasteiger partial charge in [-0.05, 0) is 70.1 Å². The van der Waals surface area contributed by atoms with Crippen LogP contribution in [0, 0.1) is 23.2 Å². The predicted octanol–water partition coefficient (Wildman–Crippen LogP) is 2.38. The molecule has 0 aliphatic heterocycles. The van der Waals surface area contributed by atoms with Crippen molar-refractivity contribution in [1.29, 1.82) is 0 Å². The van der Waals surface area contributed by atoms with Gasteiger partial charge in [-0.15, -0.1) is 0 Å². The number of nitrogens with two attached hydrogens (primary N) is 1. The first-order valence-electron chi connectivity index (χ1n) is 7.43. The molecule has 0 aromatic heterocycles. The second kappa shape index (κ2) is 4.18. The number of rotatable bonds is 3. The van der Waals surface area contributed by atoms with Crippen LogP contribution in [0.3, 0.4) is 0 Å². The highest BCUT2D eigenvalue weighted by Crippen LogP contribution is 2.55. The van der Waals surface area contributed by atoms with Crippen LogP contribution in [-0.4, -0.2) is 16.4 Å². The Hall–Kier alpha value is -0.640. The van der Waals surface area contributed by atoms with Crippen LogP contribution >= 0.6 is 12.2 Å². The molecule has 1 amide bonds. The topological polar surface area (TPSA) is 55.1 Å². The third kappa shape index (κ3) is 2.18. The van der Waals surface area contributed by atoms with Gasteiger partial charge in [-0.3, -0.25) is 4.79 Å². The van der Waals surface area contributed by atoms with Crippen molar-refractivity contribution >= 4 is 23.1 Å². The predicted molar refractivity (Wildman–Crippen MR) is 79.6 cm³/mol. The fourth-order valence-electron chi connectivity index (χ4n) is 4.77. The van der Waals surface area contributed by atoms with Gasteiger partial charge in [-0.2, -0.15) is 0 Å². The van der Waals surface area contributed by atoms with E-state index in [1.807, 2.05) is 13.8 Å². The average Bonchev–Trinajstić information content (AvgIpc) is 2.25. The van der Waals surface area contributed by atoms with Crippen LogP contribution in [0.4, 0.5) is 0 Å². The van der Waals surface area contributed by atoms with Crippen LogP contribution in [-0.2, 0) is 4.79 Å². The maximum Gasteiger partial charge on any atom is 0.232 e. The molecule has 19 heavy (non-hydrogen) atoms. The van der Waals surface area contributed by atoms with Gasteiger partial charge in [0, 0.05) is 5.54 Å². The molecule has 0 heterocycles. The molecule has 0 spiro atoms. The summed E-state index contributed by atoms with van der Waals surface area (Å²) in [5.74, 6) is 2.51. The van der Waals surface area contributed by atoms with E-state index in [1.54, 1.807) is 0 Å². The van der Waals surface area contributed by atoms with Crippen molar-refractivity contribution in [3.63, 3.8) is 0 Å². The molecule has 4 aliphatic rings. The van der Waals surface area contributed by atoms with Gasteiger partial charge < -0.3 is 11.1 Å². The Morgan fingerprint density at radius 1 is 1.16 bits per heavy atom. The maximum atomic E-state index is 12.5. The number of hydrogen-bond acceptors (Lipinski definition) is 2. The molecule has 4 aliphatic carbocycles. The van der Waals surface area contributed by atoms with E-state index in [2.05, 4.69) is 5.32 Å². The summed E-state index contributed by atoms with van der Waals surface area (Å²) in [7, 11) is 0. The Morgan fingerprint density at radius 2 is 1.58 bits per heavy atom. The largest absolute Gasteiger partial charge is 0.392 e. The Bertz CT molecular complexity index is 395. The van der Waals surface area contributed by atoms with E-state index >= 15 is 0 Å². The van der Waals surface area contributed by atoms with Gasteiger partial charge in [0.15, 0.2) is 0 Å². The monoisotopic (exact) mass is 280 g/mol. The summed E-state index contributed by atoms with van der Waals surface area (Å²) in [6, 6.07) is 0. The van der Waals surface area contributed by atoms with Crippen molar-refractivity contribution in [2.45, 2.75) is 57.9 Å². The molecule has 4 rings (SSSR count). The van der Waals surface area contributed by atoms with E-state index in [0.29, 0.717) is 0 Å². The first-order valence-corrected chi connectivity index (χ1v) is 7.84. The van der Waals surface area contributed by atoms with E-state index in [4.69, 9.17) is 18.0 Å². The normalized spacial score (nSPS) is 40.2. The smallest absolute Gasteiger partial charge is 0.232 e. The lowest BCUT2D eigenvalue weighted by Gasteiger charge is -2.57. The molecular weight excluding hydrogens is 256 g/mol. The van der Waals surface area contributed by atoms with Crippen molar-refractivity contribution in [2.75, 3.05) is 0 Å². The van der Waals surface area contributed by atoms with Crippen LogP contribution < -0.4 is 11.1 Å². The fourth-order valence-corrected chi connectivity index (χ4v) is 4.87. The lowest BCUT2D eigenvalue weighted by molar-refractivity contribution is -0.132. The van der Waals surface area contributed by atoms with Crippen LogP contribution in [0.5, 0.6) is 0 Å². The van der Waals surface area contributed by atoms with E-state index < -0.39 is 5.41 Å². The number of thiocarbonyl (C=S) groups is 1. The van der Waals surface area contributed by atoms with Crippen LogP contribution in [0.1, 0.15) is 52.4 Å². The van der Waals surface area contributed by atoms with Crippen LogP contribution in [0.2, 0.25) is 0 Å². The summed E-state index contributed by atoms with van der Waals surface area (Å²) in [4.78, 5) is 12.8. The van der Waals surface area contributed by atoms with E-state index in [9.17, 15) is 4.79 Å². The molecule has 4 heteroatoms. The Morgan fingerprint density at radius 3 is 1.95 bits per heavy atom. The third-order valence-corrected chi connectivity index (χ3v) is 6.11. The maximum absolute atomic E-state index is 12.5. The third-order valence-electron chi connectivity index (χ3n) is 5.60. The Balaban J connectivity index is 1.76. The van der Waals surface area contributed by atoms with Gasteiger partial charge in [0.1, 0.15) is 0 Å². The molecule has 0 aromatic rings. The van der Waals surface area contributed by atoms with Crippen molar-refractivity contribution in [3.8, 4) is 0 Å². The summed E-state index contributed by atoms with van der Waals surface area (Å²) in [6.07, 6.45) is 7.64. The van der Waals surface area contributed by atoms with E-state index in [0.717, 1.165) is 17.8 Å². The molecule has 106 valence electrons. The van der Waals surface area contributed by atoms with Crippen molar-refractivity contribution in [3.05, 3.63) is 0 Å². The van der Waals surface area contributed by atoms with Crippen molar-refractivity contribution < 1.29 is 4.79 Å². The summed E-state index contributed by atoms with van der Waals surface area (Å²) >= 11 is 5.03. The molecule has 3 nitrogen and oxygen atoms in total. The molecule has 0 radical (unpaired) electrons. The quantitative estimate of drug-likeness (QED) is 0.780.